The number of anilines is 1. The number of amides is 2. The van der Waals surface area contributed by atoms with E-state index in [1.807, 2.05) is 24.3 Å². The zero-order valence-corrected chi connectivity index (χ0v) is 20.9. The lowest BCUT2D eigenvalue weighted by Gasteiger charge is -2.35. The number of para-hydroxylation sites is 1. The average Bonchev–Trinajstić information content (AvgIpc) is 3.50. The van der Waals surface area contributed by atoms with E-state index in [1.165, 1.54) is 22.9 Å². The molecule has 5 rings (SSSR count). The Morgan fingerprint density at radius 3 is 2.89 bits per heavy atom. The molecule has 2 aromatic carbocycles. The van der Waals surface area contributed by atoms with Gasteiger partial charge in [-0.05, 0) is 66.4 Å². The van der Waals surface area contributed by atoms with Crippen molar-refractivity contribution in [2.24, 2.45) is 13.0 Å². The van der Waals surface area contributed by atoms with Crippen molar-refractivity contribution in [1.29, 1.82) is 0 Å². The fourth-order valence-corrected chi connectivity index (χ4v) is 5.30. The van der Waals surface area contributed by atoms with Crippen molar-refractivity contribution in [2.75, 3.05) is 25.5 Å². The third kappa shape index (κ3) is 5.57. The van der Waals surface area contributed by atoms with E-state index in [1.54, 1.807) is 11.7 Å². The lowest BCUT2D eigenvalue weighted by Crippen LogP contribution is -2.47. The number of H-pyrrole nitrogens is 1. The van der Waals surface area contributed by atoms with Crippen molar-refractivity contribution in [2.45, 2.75) is 38.1 Å². The number of aryl methyl sites for hydroxylation is 1. The molecule has 9 heteroatoms. The van der Waals surface area contributed by atoms with E-state index >= 15 is 0 Å². The molecule has 2 unspecified atom stereocenters. The number of hydrogen-bond donors (Lipinski definition) is 3. The Bertz CT molecular complexity index is 1310. The van der Waals surface area contributed by atoms with Crippen LogP contribution in [0.2, 0.25) is 0 Å². The molecule has 9 nitrogen and oxygen atoms in total. The summed E-state index contributed by atoms with van der Waals surface area (Å²) in [6.45, 7) is 1.96. The minimum absolute atomic E-state index is 0.165. The Morgan fingerprint density at radius 1 is 1.17 bits per heavy atom. The van der Waals surface area contributed by atoms with Gasteiger partial charge < -0.3 is 20.5 Å². The number of likely N-dealkylation sites (N-methyl/N-ethyl adjacent to an activating group) is 1. The Kier molecular flexibility index (Phi) is 7.27. The summed E-state index contributed by atoms with van der Waals surface area (Å²) in [5.41, 5.74) is 4.12. The summed E-state index contributed by atoms with van der Waals surface area (Å²) >= 11 is 0. The largest absolute Gasteiger partial charge is 0.361 e. The number of benzene rings is 2. The van der Waals surface area contributed by atoms with Gasteiger partial charge in [0.2, 0.25) is 0 Å². The van der Waals surface area contributed by atoms with Crippen LogP contribution in [0.25, 0.3) is 22.3 Å². The fourth-order valence-electron chi connectivity index (χ4n) is 5.30. The van der Waals surface area contributed by atoms with Crippen LogP contribution in [0, 0.1) is 5.92 Å². The number of hydrogen-bond acceptors (Lipinski definition) is 5. The van der Waals surface area contributed by atoms with Crippen LogP contribution in [0.3, 0.4) is 0 Å². The first-order chi connectivity index (χ1) is 17.6. The van der Waals surface area contributed by atoms with Crippen molar-refractivity contribution in [3.63, 3.8) is 0 Å². The second-order valence-corrected chi connectivity index (χ2v) is 9.83. The molecule has 0 radical (unpaired) electrons. The van der Waals surface area contributed by atoms with Crippen molar-refractivity contribution in [3.8, 4) is 11.4 Å². The van der Waals surface area contributed by atoms with E-state index in [0.29, 0.717) is 11.7 Å². The maximum Gasteiger partial charge on any atom is 0.319 e. The molecule has 0 saturated heterocycles. The topological polar surface area (TPSA) is 104 Å². The molecule has 1 aliphatic rings. The second kappa shape index (κ2) is 10.9. The molecule has 4 aromatic rings. The molecular weight excluding hydrogens is 452 g/mol. The second-order valence-electron chi connectivity index (χ2n) is 9.83. The number of carbonyl (C=O) groups excluding carboxylic acids is 1. The normalized spacial score (nSPS) is 18.0. The molecule has 0 bridgehead atoms. The minimum atomic E-state index is -0.165. The zero-order valence-electron chi connectivity index (χ0n) is 20.9. The Labute approximate surface area is 211 Å². The van der Waals surface area contributed by atoms with Crippen LogP contribution in [0.1, 0.15) is 31.2 Å². The lowest BCUT2D eigenvalue weighted by atomic mass is 9.84. The zero-order chi connectivity index (χ0) is 24.9. The number of aromatic nitrogens is 5. The van der Waals surface area contributed by atoms with E-state index in [2.05, 4.69) is 73.6 Å². The van der Waals surface area contributed by atoms with Crippen LogP contribution in [0.15, 0.2) is 54.7 Å². The van der Waals surface area contributed by atoms with Crippen LogP contribution in [-0.4, -0.2) is 62.3 Å². The van der Waals surface area contributed by atoms with Crippen molar-refractivity contribution in [3.05, 3.63) is 60.3 Å². The van der Waals surface area contributed by atoms with Gasteiger partial charge in [0.15, 0.2) is 5.82 Å². The Balaban J connectivity index is 1.16. The first kappa shape index (κ1) is 24.0. The third-order valence-corrected chi connectivity index (χ3v) is 7.21. The van der Waals surface area contributed by atoms with Crippen LogP contribution < -0.4 is 10.6 Å². The summed E-state index contributed by atoms with van der Waals surface area (Å²) in [4.78, 5) is 18.7. The molecule has 0 aliphatic heterocycles. The monoisotopic (exact) mass is 486 g/mol. The van der Waals surface area contributed by atoms with Gasteiger partial charge in [-0.25, -0.2) is 9.48 Å². The molecule has 2 amide bonds. The minimum Gasteiger partial charge on any atom is -0.361 e. The van der Waals surface area contributed by atoms with Gasteiger partial charge >= 0.3 is 6.03 Å². The predicted octanol–water partition coefficient (Wildman–Crippen LogP) is 4.21. The highest BCUT2D eigenvalue weighted by molar-refractivity contribution is 5.90. The van der Waals surface area contributed by atoms with E-state index < -0.39 is 0 Å². The van der Waals surface area contributed by atoms with Gasteiger partial charge in [-0.3, -0.25) is 0 Å². The van der Waals surface area contributed by atoms with Crippen LogP contribution in [0.4, 0.5) is 10.5 Å². The van der Waals surface area contributed by atoms with Crippen molar-refractivity contribution in [1.82, 2.24) is 35.4 Å². The van der Waals surface area contributed by atoms with Gasteiger partial charge in [-0.1, -0.05) is 43.2 Å². The van der Waals surface area contributed by atoms with E-state index in [9.17, 15) is 4.79 Å². The molecule has 188 valence electrons. The molecule has 1 aliphatic carbocycles. The van der Waals surface area contributed by atoms with Gasteiger partial charge in [0.05, 0.1) is 0 Å². The molecule has 2 heterocycles. The molecule has 2 aromatic heterocycles. The van der Waals surface area contributed by atoms with Crippen LogP contribution >= 0.6 is 0 Å². The van der Waals surface area contributed by atoms with Crippen LogP contribution in [0.5, 0.6) is 0 Å². The van der Waals surface area contributed by atoms with Gasteiger partial charge in [-0.15, -0.1) is 5.10 Å². The van der Waals surface area contributed by atoms with Crippen LogP contribution in [-0.2, 0) is 13.5 Å². The summed E-state index contributed by atoms with van der Waals surface area (Å²) in [7, 11) is 3.98. The summed E-state index contributed by atoms with van der Waals surface area (Å²) in [5.74, 6) is 1.09. The highest BCUT2D eigenvalue weighted by Gasteiger charge is 2.27. The Hall–Kier alpha value is -3.72. The van der Waals surface area contributed by atoms with Gasteiger partial charge in [-0.2, -0.15) is 0 Å². The molecular formula is C27H34N8O. The number of aromatic amines is 1. The molecule has 1 fully saturated rings. The maximum absolute atomic E-state index is 12.9. The molecule has 3 N–H and O–H groups in total. The number of nitrogens with one attached hydrogen (secondary N) is 3. The fraction of sp³-hybridized carbons (Fsp3) is 0.407. The van der Waals surface area contributed by atoms with Crippen molar-refractivity contribution >= 4 is 22.6 Å². The van der Waals surface area contributed by atoms with E-state index in [-0.39, 0.29) is 12.1 Å². The number of rotatable bonds is 8. The van der Waals surface area contributed by atoms with E-state index in [0.717, 1.165) is 50.0 Å². The van der Waals surface area contributed by atoms with Gasteiger partial charge in [0.25, 0.3) is 0 Å². The smallest absolute Gasteiger partial charge is 0.319 e. The lowest BCUT2D eigenvalue weighted by molar-refractivity contribution is 0.189. The third-order valence-electron chi connectivity index (χ3n) is 7.21. The number of tetrazole rings is 1. The Morgan fingerprint density at radius 2 is 2.03 bits per heavy atom. The van der Waals surface area contributed by atoms with E-state index in [4.69, 9.17) is 0 Å². The summed E-state index contributed by atoms with van der Waals surface area (Å²) in [6.07, 6.45) is 7.65. The predicted molar refractivity (Wildman–Crippen MR) is 142 cm³/mol. The summed E-state index contributed by atoms with van der Waals surface area (Å²) in [5, 5.41) is 19.2. The average molecular weight is 487 g/mol. The van der Waals surface area contributed by atoms with Gasteiger partial charge in [0, 0.05) is 54.5 Å². The molecule has 36 heavy (non-hydrogen) atoms. The summed E-state index contributed by atoms with van der Waals surface area (Å²) in [6, 6.07) is 16.1. The molecule has 2 atom stereocenters. The summed E-state index contributed by atoms with van der Waals surface area (Å²) < 4.78 is 1.61. The number of carbonyl (C=O) groups is 1. The standard InChI is InChI=1S/C27H34N8O/c1-34(15-14-20-17-28-25-13-6-4-11-23(20)25)18-21-8-3-5-12-24(21)30-27(36)29-22-10-7-9-19(16-22)26-31-32-33-35(26)2/h4,6-7,9-11,13,16-17,21,24,28H,3,5,8,12,14-15,18H2,1-2H3,(H2,29,30,36). The molecule has 0 spiro atoms. The van der Waals surface area contributed by atoms with Crippen molar-refractivity contribution < 1.29 is 4.79 Å². The number of fused-ring (bicyclic) bond motifs is 1. The van der Waals surface area contributed by atoms with Gasteiger partial charge in [0.1, 0.15) is 0 Å². The highest BCUT2D eigenvalue weighted by Crippen LogP contribution is 2.26. The maximum atomic E-state index is 12.9. The first-order valence-electron chi connectivity index (χ1n) is 12.7. The number of nitrogens with zero attached hydrogens (tertiary/aromatic N) is 5. The molecule has 1 saturated carbocycles. The SMILES string of the molecule is CN(CCc1c[nH]c2ccccc12)CC1CCCCC1NC(=O)Nc1cccc(-c2nnnn2C)c1. The number of urea groups is 1. The quantitative estimate of drug-likeness (QED) is 0.346. The highest BCUT2D eigenvalue weighted by atomic mass is 16.2. The first-order valence-corrected chi connectivity index (χ1v) is 12.7.